The van der Waals surface area contributed by atoms with Gasteiger partial charge in [-0.05, 0) is 93.4 Å². The summed E-state index contributed by atoms with van der Waals surface area (Å²) in [5.74, 6) is 1.90. The van der Waals surface area contributed by atoms with E-state index < -0.39 is 0 Å². The molecule has 4 saturated carbocycles. The second-order valence-corrected chi connectivity index (χ2v) is 10.9. The summed E-state index contributed by atoms with van der Waals surface area (Å²) in [5.41, 5.74) is 1.57. The van der Waals surface area contributed by atoms with Crippen LogP contribution in [0.5, 0.6) is 0 Å². The van der Waals surface area contributed by atoms with Gasteiger partial charge < -0.3 is 14.9 Å². The van der Waals surface area contributed by atoms with Crippen LogP contribution in [0.3, 0.4) is 0 Å². The molecule has 0 radical (unpaired) electrons. The second-order valence-electron chi connectivity index (χ2n) is 10.9. The molecule has 3 atom stereocenters. The zero-order chi connectivity index (χ0) is 20.5. The van der Waals surface area contributed by atoms with E-state index in [2.05, 4.69) is 15.9 Å². The fourth-order valence-corrected chi connectivity index (χ4v) is 8.04. The SMILES string of the molecule is N#Cc1ccc(N2CCCC3(CCN(C45CC6CC(C4)C(O)C(C6)C5)C3=O)C2)cc1. The Morgan fingerprint density at radius 1 is 1.03 bits per heavy atom. The maximum absolute atomic E-state index is 14.0. The van der Waals surface area contributed by atoms with E-state index in [9.17, 15) is 9.90 Å². The molecular weight excluding hydrogens is 374 g/mol. The van der Waals surface area contributed by atoms with E-state index in [1.54, 1.807) is 0 Å². The molecule has 6 aliphatic rings. The maximum atomic E-state index is 14.0. The summed E-state index contributed by atoms with van der Waals surface area (Å²) in [6, 6.07) is 9.98. The van der Waals surface area contributed by atoms with Crippen LogP contribution in [0.4, 0.5) is 5.69 Å². The molecule has 1 aromatic rings. The van der Waals surface area contributed by atoms with Crippen LogP contribution < -0.4 is 4.90 Å². The van der Waals surface area contributed by atoms with E-state index in [0.29, 0.717) is 29.2 Å². The van der Waals surface area contributed by atoms with Crippen molar-refractivity contribution in [1.29, 1.82) is 5.26 Å². The fourth-order valence-electron chi connectivity index (χ4n) is 8.04. The Labute approximate surface area is 178 Å². The molecule has 5 nitrogen and oxygen atoms in total. The highest BCUT2D eigenvalue weighted by molar-refractivity contribution is 5.86. The number of hydrogen-bond donors (Lipinski definition) is 1. The molecule has 5 heteroatoms. The molecule has 2 saturated heterocycles. The first-order valence-corrected chi connectivity index (χ1v) is 11.8. The van der Waals surface area contributed by atoms with Crippen LogP contribution in [-0.4, -0.2) is 47.2 Å². The molecule has 158 valence electrons. The number of carbonyl (C=O) groups excluding carboxylic acids is 1. The number of nitriles is 1. The molecule has 7 rings (SSSR count). The number of aliphatic hydroxyl groups excluding tert-OH is 1. The minimum atomic E-state index is -0.256. The Kier molecular flexibility index (Phi) is 4.03. The minimum absolute atomic E-state index is 0.0209. The first-order chi connectivity index (χ1) is 14.5. The number of hydrogen-bond acceptors (Lipinski definition) is 4. The van der Waals surface area contributed by atoms with Crippen molar-refractivity contribution >= 4 is 11.6 Å². The van der Waals surface area contributed by atoms with Gasteiger partial charge in [-0.15, -0.1) is 0 Å². The zero-order valence-corrected chi connectivity index (χ0v) is 17.6. The topological polar surface area (TPSA) is 67.6 Å². The summed E-state index contributed by atoms with van der Waals surface area (Å²) in [7, 11) is 0. The molecule has 1 aromatic carbocycles. The summed E-state index contributed by atoms with van der Waals surface area (Å²) in [4.78, 5) is 18.6. The summed E-state index contributed by atoms with van der Waals surface area (Å²) in [5, 5.41) is 19.7. The highest BCUT2D eigenvalue weighted by Crippen LogP contribution is 2.59. The summed E-state index contributed by atoms with van der Waals surface area (Å²) >= 11 is 0. The maximum Gasteiger partial charge on any atom is 0.231 e. The van der Waals surface area contributed by atoms with E-state index in [-0.39, 0.29) is 17.1 Å². The van der Waals surface area contributed by atoms with Gasteiger partial charge in [0, 0.05) is 30.9 Å². The van der Waals surface area contributed by atoms with Gasteiger partial charge in [-0.1, -0.05) is 0 Å². The summed E-state index contributed by atoms with van der Waals surface area (Å²) in [6.45, 7) is 2.66. The van der Waals surface area contributed by atoms with Crippen LogP contribution in [0.1, 0.15) is 56.9 Å². The quantitative estimate of drug-likeness (QED) is 0.820. The van der Waals surface area contributed by atoms with Gasteiger partial charge in [0.25, 0.3) is 0 Å². The van der Waals surface area contributed by atoms with E-state index >= 15 is 0 Å². The molecule has 30 heavy (non-hydrogen) atoms. The van der Waals surface area contributed by atoms with Crippen molar-refractivity contribution in [3.05, 3.63) is 29.8 Å². The van der Waals surface area contributed by atoms with Crippen LogP contribution in [0.15, 0.2) is 24.3 Å². The standard InChI is InChI=1S/C25H31N3O2/c26-15-17-2-4-21(5-3-17)27-8-1-6-24(16-27)7-9-28(23(24)30)25-12-18-10-19(13-25)22(29)20(11-18)14-25/h2-5,18-20,22,29H,1,6-14,16H2. The fraction of sp³-hybridized carbons (Fsp3) is 0.680. The highest BCUT2D eigenvalue weighted by atomic mass is 16.3. The second kappa shape index (κ2) is 6.47. The van der Waals surface area contributed by atoms with Crippen LogP contribution in [-0.2, 0) is 4.79 Å². The number of carbonyl (C=O) groups is 1. The van der Waals surface area contributed by atoms with Crippen molar-refractivity contribution in [3.8, 4) is 6.07 Å². The predicted octanol–water partition coefficient (Wildman–Crippen LogP) is 3.32. The van der Waals surface area contributed by atoms with Crippen molar-refractivity contribution in [2.75, 3.05) is 24.5 Å². The number of benzene rings is 1. The molecule has 2 aliphatic heterocycles. The van der Waals surface area contributed by atoms with Crippen molar-refractivity contribution in [3.63, 3.8) is 0 Å². The average Bonchev–Trinajstić information content (AvgIpc) is 3.07. The van der Waals surface area contributed by atoms with E-state index in [4.69, 9.17) is 5.26 Å². The molecule has 1 amide bonds. The largest absolute Gasteiger partial charge is 0.393 e. The van der Waals surface area contributed by atoms with Gasteiger partial charge in [-0.25, -0.2) is 0 Å². The van der Waals surface area contributed by atoms with Crippen molar-refractivity contribution in [1.82, 2.24) is 4.90 Å². The number of piperidine rings is 1. The van der Waals surface area contributed by atoms with Gasteiger partial charge in [0.1, 0.15) is 0 Å². The Morgan fingerprint density at radius 3 is 2.47 bits per heavy atom. The number of rotatable bonds is 2. The third-order valence-corrected chi connectivity index (χ3v) is 9.21. The third-order valence-electron chi connectivity index (χ3n) is 9.21. The molecule has 4 aliphatic carbocycles. The van der Waals surface area contributed by atoms with E-state index in [1.807, 2.05) is 24.3 Å². The molecule has 3 unspecified atom stereocenters. The molecule has 0 aromatic heterocycles. The van der Waals surface area contributed by atoms with Crippen molar-refractivity contribution in [2.45, 2.75) is 63.0 Å². The minimum Gasteiger partial charge on any atom is -0.393 e. The van der Waals surface area contributed by atoms with Crippen LogP contribution in [0.25, 0.3) is 0 Å². The lowest BCUT2D eigenvalue weighted by atomic mass is 9.51. The van der Waals surface area contributed by atoms with Gasteiger partial charge in [-0.3, -0.25) is 4.79 Å². The van der Waals surface area contributed by atoms with Gasteiger partial charge in [0.2, 0.25) is 5.91 Å². The first-order valence-electron chi connectivity index (χ1n) is 11.8. The van der Waals surface area contributed by atoms with Gasteiger partial charge in [0.05, 0.1) is 23.2 Å². The van der Waals surface area contributed by atoms with Gasteiger partial charge >= 0.3 is 0 Å². The normalized spacial score (nSPS) is 42.2. The molecule has 2 heterocycles. The summed E-state index contributed by atoms with van der Waals surface area (Å²) in [6.07, 6.45) is 8.38. The van der Waals surface area contributed by atoms with Crippen molar-refractivity contribution < 1.29 is 9.90 Å². The molecule has 4 bridgehead atoms. The Balaban J connectivity index is 1.24. The number of amides is 1. The lowest BCUT2D eigenvalue weighted by Gasteiger charge is -2.61. The molecule has 6 fully saturated rings. The average molecular weight is 406 g/mol. The molecule has 1 spiro atoms. The Hall–Kier alpha value is -2.06. The number of aliphatic hydroxyl groups is 1. The van der Waals surface area contributed by atoms with Gasteiger partial charge in [-0.2, -0.15) is 5.26 Å². The van der Waals surface area contributed by atoms with E-state index in [0.717, 1.165) is 63.8 Å². The lowest BCUT2D eigenvalue weighted by Crippen LogP contribution is -2.65. The molecule has 1 N–H and O–H groups in total. The van der Waals surface area contributed by atoms with E-state index in [1.165, 1.54) is 12.8 Å². The first kappa shape index (κ1) is 18.7. The lowest BCUT2D eigenvalue weighted by molar-refractivity contribution is -0.167. The smallest absolute Gasteiger partial charge is 0.231 e. The predicted molar refractivity (Wildman–Crippen MR) is 114 cm³/mol. The zero-order valence-electron chi connectivity index (χ0n) is 17.6. The number of likely N-dealkylation sites (tertiary alicyclic amines) is 1. The number of anilines is 1. The highest BCUT2D eigenvalue weighted by Gasteiger charge is 2.61. The Morgan fingerprint density at radius 2 is 1.77 bits per heavy atom. The Bertz CT molecular complexity index is 890. The van der Waals surface area contributed by atoms with Crippen LogP contribution in [0.2, 0.25) is 0 Å². The monoisotopic (exact) mass is 405 g/mol. The van der Waals surface area contributed by atoms with Gasteiger partial charge in [0.15, 0.2) is 0 Å². The third kappa shape index (κ3) is 2.59. The van der Waals surface area contributed by atoms with Crippen LogP contribution in [0, 0.1) is 34.5 Å². The van der Waals surface area contributed by atoms with Crippen LogP contribution >= 0.6 is 0 Å². The number of nitrogens with zero attached hydrogens (tertiary/aromatic N) is 3. The van der Waals surface area contributed by atoms with Crippen molar-refractivity contribution in [2.24, 2.45) is 23.2 Å². The summed E-state index contributed by atoms with van der Waals surface area (Å²) < 4.78 is 0. The molecular formula is C25H31N3O2.